The fourth-order valence-corrected chi connectivity index (χ4v) is 5.12. The molecule has 0 saturated heterocycles. The summed E-state index contributed by atoms with van der Waals surface area (Å²) in [6.07, 6.45) is 0.208. The third-order valence-corrected chi connectivity index (χ3v) is 7.92. The Kier molecular flexibility index (Phi) is 10.0. The molecule has 0 aliphatic heterocycles. The Morgan fingerprint density at radius 2 is 1.53 bits per heavy atom. The number of carbonyl (C=O) groups excluding carboxylic acids is 2. The van der Waals surface area contributed by atoms with E-state index in [1.165, 1.54) is 60.5 Å². The molecule has 3 aromatic rings. The maximum atomic E-state index is 13.7. The first-order valence-corrected chi connectivity index (χ1v) is 13.9. The van der Waals surface area contributed by atoms with Crippen molar-refractivity contribution in [2.45, 2.75) is 43.8 Å². The van der Waals surface area contributed by atoms with Gasteiger partial charge in [0, 0.05) is 31.1 Å². The van der Waals surface area contributed by atoms with Gasteiger partial charge in [0.1, 0.15) is 11.9 Å². The monoisotopic (exact) mass is 559 g/mol. The molecule has 0 aliphatic rings. The van der Waals surface area contributed by atoms with E-state index in [9.17, 15) is 22.4 Å². The van der Waals surface area contributed by atoms with Crippen molar-refractivity contribution >= 4 is 33.4 Å². The number of sulfonamides is 1. The van der Waals surface area contributed by atoms with E-state index in [1.807, 2.05) is 44.2 Å². The van der Waals surface area contributed by atoms with E-state index in [0.717, 1.165) is 9.87 Å². The Hall–Kier alpha value is -3.27. The summed E-state index contributed by atoms with van der Waals surface area (Å²) >= 11 is 5.89. The molecule has 0 aromatic heterocycles. The molecule has 0 bridgehead atoms. The second kappa shape index (κ2) is 13.0. The summed E-state index contributed by atoms with van der Waals surface area (Å²) in [6.45, 7) is 3.11. The normalized spacial score (nSPS) is 12.4. The van der Waals surface area contributed by atoms with E-state index in [1.54, 1.807) is 0 Å². The summed E-state index contributed by atoms with van der Waals surface area (Å²) in [6, 6.07) is 19.4. The van der Waals surface area contributed by atoms with Crippen molar-refractivity contribution in [3.8, 4) is 0 Å². The van der Waals surface area contributed by atoms with Crippen LogP contribution in [-0.2, 0) is 32.6 Å². The highest BCUT2D eigenvalue weighted by Gasteiger charge is 2.33. The van der Waals surface area contributed by atoms with Crippen LogP contribution in [0, 0.1) is 5.82 Å². The molecule has 2 amide bonds. The van der Waals surface area contributed by atoms with Gasteiger partial charge in [-0.15, -0.1) is 0 Å². The quantitative estimate of drug-likeness (QED) is 0.380. The number of nitrogens with zero attached hydrogens (tertiary/aromatic N) is 2. The topological polar surface area (TPSA) is 86.8 Å². The SMILES string of the molecule is CC(C)NC(=O)[C@@H](Cc1ccccc1)N(Cc1ccc(F)cc1)C(=O)CN(C)S(=O)(=O)c1ccc(Cl)cc1. The van der Waals surface area contributed by atoms with Crippen LogP contribution in [0.3, 0.4) is 0 Å². The standard InChI is InChI=1S/C28H31ClFN3O4S/c1-20(2)31-28(35)26(17-21-7-5-4-6-8-21)33(18-22-9-13-24(30)14-10-22)27(34)19-32(3)38(36,37)25-15-11-23(29)12-16-25/h4-16,20,26H,17-19H2,1-3H3,(H,31,35)/t26-/m1/s1. The number of carbonyl (C=O) groups is 2. The minimum atomic E-state index is -4.01. The Balaban J connectivity index is 1.96. The number of halogens is 2. The molecule has 10 heteroatoms. The van der Waals surface area contributed by atoms with Gasteiger partial charge in [-0.3, -0.25) is 9.59 Å². The van der Waals surface area contributed by atoms with Crippen LogP contribution in [0.5, 0.6) is 0 Å². The van der Waals surface area contributed by atoms with E-state index in [2.05, 4.69) is 5.32 Å². The molecule has 202 valence electrons. The minimum Gasteiger partial charge on any atom is -0.352 e. The van der Waals surface area contributed by atoms with Gasteiger partial charge in [0.25, 0.3) is 0 Å². The van der Waals surface area contributed by atoms with Crippen molar-refractivity contribution in [3.05, 3.63) is 101 Å². The zero-order chi connectivity index (χ0) is 27.9. The molecule has 0 fully saturated rings. The van der Waals surface area contributed by atoms with E-state index in [0.29, 0.717) is 10.6 Å². The molecule has 1 atom stereocenters. The third-order valence-electron chi connectivity index (χ3n) is 5.85. The van der Waals surface area contributed by atoms with Gasteiger partial charge < -0.3 is 10.2 Å². The van der Waals surface area contributed by atoms with Crippen molar-refractivity contribution in [2.75, 3.05) is 13.6 Å². The summed E-state index contributed by atoms with van der Waals surface area (Å²) in [4.78, 5) is 28.4. The van der Waals surface area contributed by atoms with Crippen LogP contribution in [-0.4, -0.2) is 55.1 Å². The molecule has 0 saturated carbocycles. The number of rotatable bonds is 11. The average Bonchev–Trinajstić information content (AvgIpc) is 2.87. The predicted molar refractivity (Wildman–Crippen MR) is 145 cm³/mol. The van der Waals surface area contributed by atoms with Crippen LogP contribution in [0.15, 0.2) is 83.8 Å². The molecular formula is C28H31ClFN3O4S. The Bertz CT molecular complexity index is 1330. The molecule has 0 heterocycles. The lowest BCUT2D eigenvalue weighted by Gasteiger charge is -2.33. The molecule has 0 aliphatic carbocycles. The Morgan fingerprint density at radius 1 is 0.921 bits per heavy atom. The van der Waals surface area contributed by atoms with Crippen molar-refractivity contribution < 1.29 is 22.4 Å². The first kappa shape index (κ1) is 29.3. The van der Waals surface area contributed by atoms with Gasteiger partial charge in [-0.1, -0.05) is 54.1 Å². The molecule has 3 aromatic carbocycles. The highest BCUT2D eigenvalue weighted by molar-refractivity contribution is 7.89. The molecular weight excluding hydrogens is 529 g/mol. The van der Waals surface area contributed by atoms with E-state index >= 15 is 0 Å². The molecule has 0 spiro atoms. The highest BCUT2D eigenvalue weighted by atomic mass is 35.5. The van der Waals surface area contributed by atoms with Gasteiger partial charge in [0.15, 0.2) is 0 Å². The van der Waals surface area contributed by atoms with Crippen molar-refractivity contribution in [3.63, 3.8) is 0 Å². The van der Waals surface area contributed by atoms with Gasteiger partial charge in [0.2, 0.25) is 21.8 Å². The number of hydrogen-bond acceptors (Lipinski definition) is 4. The van der Waals surface area contributed by atoms with Crippen LogP contribution in [0.4, 0.5) is 4.39 Å². The molecule has 7 nitrogen and oxygen atoms in total. The third kappa shape index (κ3) is 7.86. The maximum absolute atomic E-state index is 13.7. The number of amides is 2. The second-order valence-corrected chi connectivity index (χ2v) is 11.7. The van der Waals surface area contributed by atoms with E-state index < -0.39 is 34.3 Å². The van der Waals surface area contributed by atoms with E-state index in [4.69, 9.17) is 11.6 Å². The number of hydrogen-bond donors (Lipinski definition) is 1. The Morgan fingerprint density at radius 3 is 2.11 bits per heavy atom. The summed E-state index contributed by atoms with van der Waals surface area (Å²) < 4.78 is 40.8. The molecule has 0 unspecified atom stereocenters. The van der Waals surface area contributed by atoms with Crippen LogP contribution in [0.25, 0.3) is 0 Å². The van der Waals surface area contributed by atoms with Crippen molar-refractivity contribution in [1.82, 2.24) is 14.5 Å². The molecule has 1 N–H and O–H groups in total. The molecule has 3 rings (SSSR count). The number of benzene rings is 3. The zero-order valence-corrected chi connectivity index (χ0v) is 23.0. The van der Waals surface area contributed by atoms with Gasteiger partial charge in [-0.2, -0.15) is 4.31 Å². The fourth-order valence-electron chi connectivity index (χ4n) is 3.87. The summed E-state index contributed by atoms with van der Waals surface area (Å²) in [7, 11) is -2.71. The summed E-state index contributed by atoms with van der Waals surface area (Å²) in [5.41, 5.74) is 1.42. The zero-order valence-electron chi connectivity index (χ0n) is 21.5. The first-order valence-electron chi connectivity index (χ1n) is 12.1. The highest BCUT2D eigenvalue weighted by Crippen LogP contribution is 2.20. The van der Waals surface area contributed by atoms with Crippen molar-refractivity contribution in [2.24, 2.45) is 0 Å². The smallest absolute Gasteiger partial charge is 0.243 e. The fraction of sp³-hybridized carbons (Fsp3) is 0.286. The maximum Gasteiger partial charge on any atom is 0.243 e. The van der Waals surface area contributed by atoms with Crippen LogP contribution < -0.4 is 5.32 Å². The number of nitrogens with one attached hydrogen (secondary N) is 1. The lowest BCUT2D eigenvalue weighted by molar-refractivity contribution is -0.141. The van der Waals surface area contributed by atoms with Crippen LogP contribution >= 0.6 is 11.6 Å². The predicted octanol–water partition coefficient (Wildman–Crippen LogP) is 4.26. The number of likely N-dealkylation sites (N-methyl/N-ethyl adjacent to an activating group) is 1. The lowest BCUT2D eigenvalue weighted by atomic mass is 10.0. The van der Waals surface area contributed by atoms with Gasteiger partial charge in [-0.25, -0.2) is 12.8 Å². The largest absolute Gasteiger partial charge is 0.352 e. The average molecular weight is 560 g/mol. The Labute approximate surface area is 228 Å². The van der Waals surface area contributed by atoms with Crippen LogP contribution in [0.2, 0.25) is 5.02 Å². The molecule has 0 radical (unpaired) electrons. The second-order valence-electron chi connectivity index (χ2n) is 9.23. The van der Waals surface area contributed by atoms with E-state index in [-0.39, 0.29) is 29.8 Å². The van der Waals surface area contributed by atoms with Gasteiger partial charge >= 0.3 is 0 Å². The van der Waals surface area contributed by atoms with Crippen LogP contribution in [0.1, 0.15) is 25.0 Å². The first-order chi connectivity index (χ1) is 18.0. The lowest BCUT2D eigenvalue weighted by Crippen LogP contribution is -2.53. The minimum absolute atomic E-state index is 0.0133. The summed E-state index contributed by atoms with van der Waals surface area (Å²) in [5, 5.41) is 3.25. The van der Waals surface area contributed by atoms with Crippen molar-refractivity contribution in [1.29, 1.82) is 0 Å². The van der Waals surface area contributed by atoms with Gasteiger partial charge in [-0.05, 0) is 61.4 Å². The molecule has 38 heavy (non-hydrogen) atoms. The summed E-state index contributed by atoms with van der Waals surface area (Å²) in [5.74, 6) is -1.38. The van der Waals surface area contributed by atoms with Gasteiger partial charge in [0.05, 0.1) is 11.4 Å².